The summed E-state index contributed by atoms with van der Waals surface area (Å²) in [5.41, 5.74) is 3.14. The summed E-state index contributed by atoms with van der Waals surface area (Å²) >= 11 is 6.06. The lowest BCUT2D eigenvalue weighted by Crippen LogP contribution is -2.46. The van der Waals surface area contributed by atoms with Crippen LogP contribution in [0.3, 0.4) is 0 Å². The number of fused-ring (bicyclic) bond motifs is 1. The van der Waals surface area contributed by atoms with Crippen LogP contribution in [0.4, 0.5) is 5.69 Å². The lowest BCUT2D eigenvalue weighted by atomic mass is 10.0. The molecule has 3 aromatic rings. The van der Waals surface area contributed by atoms with Crippen molar-refractivity contribution in [3.8, 4) is 11.5 Å². The molecule has 0 saturated carbocycles. The highest BCUT2D eigenvalue weighted by atomic mass is 35.5. The Hall–Kier alpha value is -3.28. The maximum absolute atomic E-state index is 12.9. The van der Waals surface area contributed by atoms with Gasteiger partial charge in [0.2, 0.25) is 5.78 Å². The van der Waals surface area contributed by atoms with Crippen LogP contribution in [0.2, 0.25) is 5.02 Å². The number of allylic oxidation sites excluding steroid dienone is 1. The molecule has 1 N–H and O–H groups in total. The second-order valence-corrected chi connectivity index (χ2v) is 8.47. The topological polar surface area (TPSA) is 53.0 Å². The van der Waals surface area contributed by atoms with E-state index in [0.717, 1.165) is 31.7 Å². The molecule has 0 radical (unpaired) electrons. The molecule has 0 aromatic heterocycles. The van der Waals surface area contributed by atoms with Crippen molar-refractivity contribution in [3.05, 3.63) is 94.2 Å². The first-order valence-corrected chi connectivity index (χ1v) is 11.0. The normalized spacial score (nSPS) is 17.5. The quantitative estimate of drug-likeness (QED) is 0.572. The molecule has 0 unspecified atom stereocenters. The third kappa shape index (κ3) is 4.09. The maximum atomic E-state index is 12.9. The van der Waals surface area contributed by atoms with Crippen LogP contribution >= 0.6 is 11.6 Å². The highest BCUT2D eigenvalue weighted by Crippen LogP contribution is 2.40. The van der Waals surface area contributed by atoms with E-state index >= 15 is 0 Å². The van der Waals surface area contributed by atoms with E-state index in [9.17, 15) is 9.90 Å². The Balaban J connectivity index is 1.34. The SMILES string of the molecule is O=C1/C(=C/c2cccc(Cl)c2)Oc2c1ccc(O)c2CN1CCN(c2ccccc2)CC1. The number of hydrogen-bond acceptors (Lipinski definition) is 5. The van der Waals surface area contributed by atoms with Crippen LogP contribution in [-0.2, 0) is 6.54 Å². The first kappa shape index (κ1) is 20.6. The highest BCUT2D eigenvalue weighted by Gasteiger charge is 2.32. The number of para-hydroxylation sites is 1. The van der Waals surface area contributed by atoms with E-state index in [-0.39, 0.29) is 17.3 Å². The molecule has 0 atom stereocenters. The average molecular weight is 447 g/mol. The number of ketones is 1. The molecule has 1 saturated heterocycles. The van der Waals surface area contributed by atoms with Gasteiger partial charge in [-0.15, -0.1) is 0 Å². The van der Waals surface area contributed by atoms with Crippen LogP contribution in [0.25, 0.3) is 6.08 Å². The minimum absolute atomic E-state index is 0.144. The van der Waals surface area contributed by atoms with Gasteiger partial charge in [-0.1, -0.05) is 41.9 Å². The van der Waals surface area contributed by atoms with Gasteiger partial charge in [-0.05, 0) is 48.0 Å². The van der Waals surface area contributed by atoms with Crippen LogP contribution in [0.15, 0.2) is 72.5 Å². The molecule has 162 valence electrons. The molecule has 3 aromatic carbocycles. The molecule has 0 spiro atoms. The number of phenols is 1. The molecule has 5 nitrogen and oxygen atoms in total. The zero-order valence-electron chi connectivity index (χ0n) is 17.5. The fourth-order valence-electron chi connectivity index (χ4n) is 4.22. The summed E-state index contributed by atoms with van der Waals surface area (Å²) in [7, 11) is 0. The number of aromatic hydroxyl groups is 1. The lowest BCUT2D eigenvalue weighted by Gasteiger charge is -2.36. The number of anilines is 1. The van der Waals surface area contributed by atoms with Crippen LogP contribution in [0, 0.1) is 0 Å². The van der Waals surface area contributed by atoms with E-state index in [1.54, 1.807) is 30.3 Å². The van der Waals surface area contributed by atoms with Crippen LogP contribution in [0.1, 0.15) is 21.5 Å². The van der Waals surface area contributed by atoms with Crippen molar-refractivity contribution in [2.45, 2.75) is 6.54 Å². The summed E-state index contributed by atoms with van der Waals surface area (Å²) in [6.07, 6.45) is 1.69. The molecule has 6 heteroatoms. The van der Waals surface area contributed by atoms with Gasteiger partial charge in [0.05, 0.1) is 11.1 Å². The molecule has 32 heavy (non-hydrogen) atoms. The number of hydrogen-bond donors (Lipinski definition) is 1. The molecular weight excluding hydrogens is 424 g/mol. The predicted octanol–water partition coefficient (Wildman–Crippen LogP) is 4.98. The third-order valence-corrected chi connectivity index (χ3v) is 6.17. The fraction of sp³-hybridized carbons (Fsp3) is 0.192. The second kappa shape index (κ2) is 8.69. The van der Waals surface area contributed by atoms with Crippen molar-refractivity contribution in [1.82, 2.24) is 4.90 Å². The Morgan fingerprint density at radius 2 is 1.75 bits per heavy atom. The number of piperazine rings is 1. The molecule has 2 aliphatic rings. The first-order valence-electron chi connectivity index (χ1n) is 10.7. The molecule has 1 fully saturated rings. The van der Waals surface area contributed by atoms with Gasteiger partial charge in [-0.2, -0.15) is 0 Å². The van der Waals surface area contributed by atoms with Gasteiger partial charge in [0.15, 0.2) is 5.76 Å². The van der Waals surface area contributed by atoms with Gasteiger partial charge < -0.3 is 14.7 Å². The number of rotatable bonds is 4. The van der Waals surface area contributed by atoms with Crippen molar-refractivity contribution in [3.63, 3.8) is 0 Å². The number of nitrogens with zero attached hydrogens (tertiary/aromatic N) is 2. The van der Waals surface area contributed by atoms with E-state index < -0.39 is 0 Å². The highest BCUT2D eigenvalue weighted by molar-refractivity contribution is 6.30. The number of carbonyl (C=O) groups excluding carboxylic acids is 1. The van der Waals surface area contributed by atoms with Crippen molar-refractivity contribution < 1.29 is 14.6 Å². The standard InChI is InChI=1S/C26H23ClN2O3/c27-19-6-4-5-18(15-19)16-24-25(31)21-9-10-23(30)22(26(21)32-24)17-28-11-13-29(14-12-28)20-7-2-1-3-8-20/h1-10,15-16,30H,11-14,17H2/b24-16-. The third-order valence-electron chi connectivity index (χ3n) is 5.94. The number of carbonyl (C=O) groups is 1. The monoisotopic (exact) mass is 446 g/mol. The summed E-state index contributed by atoms with van der Waals surface area (Å²) in [4.78, 5) is 17.6. The summed E-state index contributed by atoms with van der Waals surface area (Å²) in [5, 5.41) is 11.2. The van der Waals surface area contributed by atoms with Crippen molar-refractivity contribution >= 4 is 29.1 Å². The fourth-order valence-corrected chi connectivity index (χ4v) is 4.42. The van der Waals surface area contributed by atoms with Crippen molar-refractivity contribution in [1.29, 1.82) is 0 Å². The average Bonchev–Trinajstić information content (AvgIpc) is 3.12. The number of Topliss-reactive ketones (excluding diaryl/α,β-unsaturated/α-hetero) is 1. The Labute approximate surface area is 192 Å². The van der Waals surface area contributed by atoms with E-state index in [1.807, 2.05) is 18.2 Å². The van der Waals surface area contributed by atoms with Gasteiger partial charge in [0, 0.05) is 43.4 Å². The minimum Gasteiger partial charge on any atom is -0.507 e. The maximum Gasteiger partial charge on any atom is 0.231 e. The summed E-state index contributed by atoms with van der Waals surface area (Å²) in [5.74, 6) is 0.651. The number of benzene rings is 3. The molecule has 0 aliphatic carbocycles. The number of ether oxygens (including phenoxy) is 1. The molecular formula is C26H23ClN2O3. The first-order chi connectivity index (χ1) is 15.6. The minimum atomic E-state index is -0.185. The van der Waals surface area contributed by atoms with Crippen molar-refractivity contribution in [2.24, 2.45) is 0 Å². The van der Waals surface area contributed by atoms with Gasteiger partial charge in [0.25, 0.3) is 0 Å². The van der Waals surface area contributed by atoms with Crippen LogP contribution < -0.4 is 9.64 Å². The summed E-state index contributed by atoms with van der Waals surface area (Å²) in [6, 6.07) is 20.8. The number of halogens is 1. The zero-order chi connectivity index (χ0) is 22.1. The zero-order valence-corrected chi connectivity index (χ0v) is 18.3. The van der Waals surface area contributed by atoms with Gasteiger partial charge in [-0.3, -0.25) is 9.69 Å². The van der Waals surface area contributed by atoms with Gasteiger partial charge >= 0.3 is 0 Å². The largest absolute Gasteiger partial charge is 0.507 e. The van der Waals surface area contributed by atoms with E-state index in [0.29, 0.717) is 28.4 Å². The smallest absolute Gasteiger partial charge is 0.231 e. The number of phenolic OH excluding ortho intramolecular Hbond substituents is 1. The van der Waals surface area contributed by atoms with Crippen LogP contribution in [0.5, 0.6) is 11.5 Å². The predicted molar refractivity (Wildman–Crippen MR) is 126 cm³/mol. The Bertz CT molecular complexity index is 1180. The lowest BCUT2D eigenvalue weighted by molar-refractivity contribution is 0.101. The van der Waals surface area contributed by atoms with Crippen LogP contribution in [-0.4, -0.2) is 42.0 Å². The Morgan fingerprint density at radius 1 is 0.969 bits per heavy atom. The summed E-state index contributed by atoms with van der Waals surface area (Å²) < 4.78 is 5.98. The van der Waals surface area contributed by atoms with E-state index in [2.05, 4.69) is 34.1 Å². The Morgan fingerprint density at radius 3 is 2.50 bits per heavy atom. The summed E-state index contributed by atoms with van der Waals surface area (Å²) in [6.45, 7) is 4.04. The molecule has 0 amide bonds. The molecule has 2 heterocycles. The molecule has 0 bridgehead atoms. The van der Waals surface area contributed by atoms with E-state index in [1.165, 1.54) is 5.69 Å². The molecule has 2 aliphatic heterocycles. The van der Waals surface area contributed by atoms with Gasteiger partial charge in [-0.25, -0.2) is 0 Å². The van der Waals surface area contributed by atoms with Crippen molar-refractivity contribution in [2.75, 3.05) is 31.1 Å². The van der Waals surface area contributed by atoms with Gasteiger partial charge in [0.1, 0.15) is 11.5 Å². The molecule has 5 rings (SSSR count). The Kier molecular flexibility index (Phi) is 5.60. The van der Waals surface area contributed by atoms with E-state index in [4.69, 9.17) is 16.3 Å². The second-order valence-electron chi connectivity index (χ2n) is 8.03.